The van der Waals surface area contributed by atoms with E-state index in [1.165, 1.54) is 49.0 Å². The van der Waals surface area contributed by atoms with Crippen LogP contribution in [0.25, 0.3) is 0 Å². The Balaban J connectivity index is 0.00000240. The van der Waals surface area contributed by atoms with Crippen LogP contribution in [-0.4, -0.2) is 43.6 Å². The monoisotopic (exact) mass is 414 g/mol. The van der Waals surface area contributed by atoms with Crippen LogP contribution in [0.15, 0.2) is 48.5 Å². The third kappa shape index (κ3) is 5.31. The number of carbonyl (C=O) groups excluding carboxylic acids is 1. The second-order valence-electron chi connectivity index (χ2n) is 7.93. The number of hydrogen-bond donors (Lipinski definition) is 1. The van der Waals surface area contributed by atoms with Gasteiger partial charge in [0.1, 0.15) is 12.4 Å². The van der Waals surface area contributed by atoms with Crippen molar-refractivity contribution in [3.05, 3.63) is 65.2 Å². The fourth-order valence-corrected chi connectivity index (χ4v) is 4.86. The molecule has 2 atom stereocenters. The number of fused-ring (bicyclic) bond motifs is 1. The van der Waals surface area contributed by atoms with Crippen LogP contribution in [0.4, 0.5) is 0 Å². The first-order valence-electron chi connectivity index (χ1n) is 10.6. The Morgan fingerprint density at radius 1 is 1.10 bits per heavy atom. The molecule has 1 aliphatic carbocycles. The zero-order valence-corrected chi connectivity index (χ0v) is 17.7. The minimum atomic E-state index is 0. The summed E-state index contributed by atoms with van der Waals surface area (Å²) < 4.78 is 5.90. The number of likely N-dealkylation sites (tertiary alicyclic amines) is 1. The maximum atomic E-state index is 10.4. The van der Waals surface area contributed by atoms with Crippen LogP contribution in [0.1, 0.15) is 41.9 Å². The van der Waals surface area contributed by atoms with Crippen LogP contribution in [0, 0.1) is 0 Å². The van der Waals surface area contributed by atoms with E-state index < -0.39 is 0 Å². The van der Waals surface area contributed by atoms with Gasteiger partial charge in [0.15, 0.2) is 0 Å². The van der Waals surface area contributed by atoms with Crippen LogP contribution in [0.2, 0.25) is 0 Å². The molecule has 2 unspecified atom stereocenters. The van der Waals surface area contributed by atoms with Gasteiger partial charge < -0.3 is 10.1 Å². The number of aryl methyl sites for hydroxylation is 1. The molecule has 1 heterocycles. The van der Waals surface area contributed by atoms with E-state index in [2.05, 4.69) is 58.7 Å². The Morgan fingerprint density at radius 3 is 2.66 bits per heavy atom. The molecule has 0 spiro atoms. The largest absolute Gasteiger partial charge is 0.492 e. The standard InChI is InChI=1S/C24H30N2O2.ClH/c27-18-25-12-15-28-21-10-8-20-9-11-24(26-13-4-5-14-26)23(22(20)17-21)16-19-6-2-1-3-7-19;/h1-3,6-8,10,17-18,23-24H,4-5,9,11-16H2,(H,25,27);1H. The van der Waals surface area contributed by atoms with Crippen LogP contribution >= 0.6 is 12.4 Å². The van der Waals surface area contributed by atoms with E-state index in [0.717, 1.165) is 18.6 Å². The summed E-state index contributed by atoms with van der Waals surface area (Å²) in [5, 5.41) is 2.65. The normalized spacial score (nSPS) is 21.1. The molecule has 4 rings (SSSR count). The van der Waals surface area contributed by atoms with Crippen molar-refractivity contribution >= 4 is 18.8 Å². The number of rotatable bonds is 8. The molecule has 0 bridgehead atoms. The highest BCUT2D eigenvalue weighted by molar-refractivity contribution is 5.85. The third-order valence-corrected chi connectivity index (χ3v) is 6.20. The molecule has 2 aromatic rings. The lowest BCUT2D eigenvalue weighted by Crippen LogP contribution is -2.41. The second-order valence-corrected chi connectivity index (χ2v) is 7.93. The number of halogens is 1. The lowest BCUT2D eigenvalue weighted by atomic mass is 9.75. The molecule has 1 saturated heterocycles. The summed E-state index contributed by atoms with van der Waals surface area (Å²) >= 11 is 0. The molecule has 1 amide bonds. The van der Waals surface area contributed by atoms with E-state index in [4.69, 9.17) is 4.74 Å². The number of nitrogens with zero attached hydrogens (tertiary/aromatic N) is 1. The van der Waals surface area contributed by atoms with E-state index in [-0.39, 0.29) is 12.4 Å². The number of carbonyl (C=O) groups is 1. The maximum Gasteiger partial charge on any atom is 0.207 e. The number of amides is 1. The third-order valence-electron chi connectivity index (χ3n) is 6.20. The van der Waals surface area contributed by atoms with Crippen molar-refractivity contribution in [1.29, 1.82) is 0 Å². The highest BCUT2D eigenvalue weighted by atomic mass is 35.5. The molecule has 1 fully saturated rings. The molecule has 4 nitrogen and oxygen atoms in total. The summed E-state index contributed by atoms with van der Waals surface area (Å²) in [6.07, 6.45) is 6.84. The lowest BCUT2D eigenvalue weighted by molar-refractivity contribution is -0.109. The van der Waals surface area contributed by atoms with Gasteiger partial charge in [0, 0.05) is 12.0 Å². The van der Waals surface area contributed by atoms with Crippen LogP contribution in [0.5, 0.6) is 5.75 Å². The van der Waals surface area contributed by atoms with Gasteiger partial charge in [-0.05, 0) is 74.0 Å². The van der Waals surface area contributed by atoms with Gasteiger partial charge in [-0.1, -0.05) is 36.4 Å². The predicted octanol–water partition coefficient (Wildman–Crippen LogP) is 3.97. The van der Waals surface area contributed by atoms with Crippen molar-refractivity contribution in [3.63, 3.8) is 0 Å². The Kier molecular flexibility index (Phi) is 7.96. The molecule has 1 N–H and O–H groups in total. The van der Waals surface area contributed by atoms with Gasteiger partial charge in [-0.25, -0.2) is 0 Å². The minimum absolute atomic E-state index is 0. The fourth-order valence-electron chi connectivity index (χ4n) is 4.86. The Hall–Kier alpha value is -2.04. The van der Waals surface area contributed by atoms with Crippen molar-refractivity contribution in [2.24, 2.45) is 0 Å². The Morgan fingerprint density at radius 2 is 1.90 bits per heavy atom. The van der Waals surface area contributed by atoms with E-state index in [0.29, 0.717) is 31.5 Å². The molecule has 0 aromatic heterocycles. The minimum Gasteiger partial charge on any atom is -0.492 e. The summed E-state index contributed by atoms with van der Waals surface area (Å²) in [4.78, 5) is 13.1. The molecule has 1 aliphatic heterocycles. The average molecular weight is 415 g/mol. The molecule has 0 saturated carbocycles. The van der Waals surface area contributed by atoms with Gasteiger partial charge in [0.25, 0.3) is 0 Å². The molecular weight excluding hydrogens is 384 g/mol. The first-order chi connectivity index (χ1) is 13.8. The van der Waals surface area contributed by atoms with Crippen LogP contribution in [0.3, 0.4) is 0 Å². The summed E-state index contributed by atoms with van der Waals surface area (Å²) in [6, 6.07) is 18.1. The van der Waals surface area contributed by atoms with Gasteiger partial charge in [-0.15, -0.1) is 12.4 Å². The van der Waals surface area contributed by atoms with Gasteiger partial charge in [-0.2, -0.15) is 0 Å². The quantitative estimate of drug-likeness (QED) is 0.525. The Labute approximate surface area is 180 Å². The second kappa shape index (κ2) is 10.7. The number of nitrogens with one attached hydrogen (secondary N) is 1. The average Bonchev–Trinajstić information content (AvgIpc) is 3.27. The summed E-state index contributed by atoms with van der Waals surface area (Å²) in [6.45, 7) is 3.50. The van der Waals surface area contributed by atoms with E-state index in [1.54, 1.807) is 0 Å². The number of benzene rings is 2. The zero-order chi connectivity index (χ0) is 19.2. The Bertz CT molecular complexity index is 778. The fraction of sp³-hybridized carbons (Fsp3) is 0.458. The molecule has 2 aliphatic rings. The lowest BCUT2D eigenvalue weighted by Gasteiger charge is -2.39. The van der Waals surface area contributed by atoms with E-state index in [1.807, 2.05) is 0 Å². The van der Waals surface area contributed by atoms with E-state index in [9.17, 15) is 4.79 Å². The molecule has 2 aromatic carbocycles. The van der Waals surface area contributed by atoms with Crippen molar-refractivity contribution < 1.29 is 9.53 Å². The predicted molar refractivity (Wildman–Crippen MR) is 119 cm³/mol. The summed E-state index contributed by atoms with van der Waals surface area (Å²) in [5.41, 5.74) is 4.33. The molecular formula is C24H31ClN2O2. The van der Waals surface area contributed by atoms with Crippen molar-refractivity contribution in [2.75, 3.05) is 26.2 Å². The van der Waals surface area contributed by atoms with Gasteiger partial charge in [0.05, 0.1) is 6.54 Å². The zero-order valence-electron chi connectivity index (χ0n) is 16.9. The molecule has 156 valence electrons. The highest BCUT2D eigenvalue weighted by Gasteiger charge is 2.34. The first-order valence-corrected chi connectivity index (χ1v) is 10.6. The molecule has 0 radical (unpaired) electrons. The van der Waals surface area contributed by atoms with Gasteiger partial charge >= 0.3 is 0 Å². The smallest absolute Gasteiger partial charge is 0.207 e. The summed E-state index contributed by atoms with van der Waals surface area (Å²) in [5.74, 6) is 1.41. The number of hydrogen-bond acceptors (Lipinski definition) is 3. The van der Waals surface area contributed by atoms with Gasteiger partial charge in [-0.3, -0.25) is 9.69 Å². The van der Waals surface area contributed by atoms with Gasteiger partial charge in [0.2, 0.25) is 6.41 Å². The van der Waals surface area contributed by atoms with Crippen molar-refractivity contribution in [1.82, 2.24) is 10.2 Å². The van der Waals surface area contributed by atoms with Crippen LogP contribution in [-0.2, 0) is 17.6 Å². The highest BCUT2D eigenvalue weighted by Crippen LogP contribution is 2.39. The van der Waals surface area contributed by atoms with Crippen molar-refractivity contribution in [3.8, 4) is 5.75 Å². The molecule has 5 heteroatoms. The maximum absolute atomic E-state index is 10.4. The topological polar surface area (TPSA) is 41.6 Å². The number of ether oxygens (including phenoxy) is 1. The summed E-state index contributed by atoms with van der Waals surface area (Å²) in [7, 11) is 0. The molecule has 29 heavy (non-hydrogen) atoms. The van der Waals surface area contributed by atoms with Crippen LogP contribution < -0.4 is 10.1 Å². The van der Waals surface area contributed by atoms with Crippen molar-refractivity contribution in [2.45, 2.75) is 44.1 Å². The first kappa shape index (κ1) is 21.7. The van der Waals surface area contributed by atoms with E-state index >= 15 is 0 Å². The SMILES string of the molecule is Cl.O=CNCCOc1ccc2c(c1)C(Cc1ccccc1)C(N1CCCC1)CC2.